The summed E-state index contributed by atoms with van der Waals surface area (Å²) in [6.07, 6.45) is 2.68. The van der Waals surface area contributed by atoms with E-state index in [1.165, 1.54) is 12.8 Å². The highest BCUT2D eigenvalue weighted by Gasteiger charge is 2.57. The van der Waals surface area contributed by atoms with Crippen molar-refractivity contribution in [3.8, 4) is 0 Å². The summed E-state index contributed by atoms with van der Waals surface area (Å²) in [4.78, 5) is 0. The molecule has 3 N–H and O–H groups in total. The zero-order valence-corrected chi connectivity index (χ0v) is 7.13. The summed E-state index contributed by atoms with van der Waals surface area (Å²) in [6, 6.07) is 0. The second kappa shape index (κ2) is 2.10. The van der Waals surface area contributed by atoms with Crippen LogP contribution in [0.2, 0.25) is 0 Å². The van der Waals surface area contributed by atoms with Gasteiger partial charge in [-0.1, -0.05) is 0 Å². The van der Waals surface area contributed by atoms with Crippen LogP contribution in [0.5, 0.6) is 0 Å². The topological polar surface area (TPSA) is 38.0 Å². The number of hydrogen-bond donors (Lipinski definition) is 2. The SMILES string of the molecule is CC1(N)CNCC12CC2.Cl. The molecular formula is C7H15ClN2. The van der Waals surface area contributed by atoms with E-state index >= 15 is 0 Å². The molecule has 1 aliphatic heterocycles. The highest BCUT2D eigenvalue weighted by molar-refractivity contribution is 5.85. The number of hydrogen-bond acceptors (Lipinski definition) is 2. The number of halogens is 1. The van der Waals surface area contributed by atoms with Crippen molar-refractivity contribution in [2.75, 3.05) is 13.1 Å². The lowest BCUT2D eigenvalue weighted by Crippen LogP contribution is -2.45. The first-order valence-corrected chi connectivity index (χ1v) is 3.66. The van der Waals surface area contributed by atoms with Gasteiger partial charge in [0.05, 0.1) is 0 Å². The summed E-state index contributed by atoms with van der Waals surface area (Å²) < 4.78 is 0. The van der Waals surface area contributed by atoms with Gasteiger partial charge in [0, 0.05) is 24.0 Å². The standard InChI is InChI=1S/C7H14N2.ClH/c1-6(8)4-9-5-7(6)2-3-7;/h9H,2-5,8H2,1H3;1H. The van der Waals surface area contributed by atoms with Crippen LogP contribution in [0.3, 0.4) is 0 Å². The van der Waals surface area contributed by atoms with Gasteiger partial charge >= 0.3 is 0 Å². The molecule has 1 atom stereocenters. The van der Waals surface area contributed by atoms with E-state index in [0.29, 0.717) is 5.41 Å². The van der Waals surface area contributed by atoms with Crippen molar-refractivity contribution in [2.24, 2.45) is 11.1 Å². The maximum absolute atomic E-state index is 6.06. The Morgan fingerprint density at radius 3 is 2.10 bits per heavy atom. The Balaban J connectivity index is 0.000000500. The zero-order chi connectivity index (χ0) is 6.54. The van der Waals surface area contributed by atoms with Gasteiger partial charge in [-0.3, -0.25) is 0 Å². The summed E-state index contributed by atoms with van der Waals surface area (Å²) in [5.74, 6) is 0. The quantitative estimate of drug-likeness (QED) is 0.545. The fraction of sp³-hybridized carbons (Fsp3) is 1.00. The maximum atomic E-state index is 6.06. The van der Waals surface area contributed by atoms with Crippen molar-refractivity contribution in [2.45, 2.75) is 25.3 Å². The molecule has 2 rings (SSSR count). The van der Waals surface area contributed by atoms with Crippen LogP contribution in [-0.4, -0.2) is 18.6 Å². The van der Waals surface area contributed by atoms with Crippen molar-refractivity contribution in [3.05, 3.63) is 0 Å². The van der Waals surface area contributed by atoms with Gasteiger partial charge in [-0.25, -0.2) is 0 Å². The minimum absolute atomic E-state index is 0. The molecule has 2 aliphatic rings. The Labute approximate surface area is 68.0 Å². The van der Waals surface area contributed by atoms with E-state index in [9.17, 15) is 0 Å². The average molecular weight is 163 g/mol. The molecule has 10 heavy (non-hydrogen) atoms. The molecule has 0 bridgehead atoms. The number of nitrogens with one attached hydrogen (secondary N) is 1. The first kappa shape index (κ1) is 8.31. The molecule has 0 radical (unpaired) electrons. The second-order valence-electron chi connectivity index (χ2n) is 3.80. The molecule has 1 spiro atoms. The van der Waals surface area contributed by atoms with Crippen LogP contribution in [0.15, 0.2) is 0 Å². The normalized spacial score (nSPS) is 41.4. The van der Waals surface area contributed by atoms with Crippen LogP contribution in [0, 0.1) is 5.41 Å². The van der Waals surface area contributed by atoms with Crippen molar-refractivity contribution >= 4 is 12.4 Å². The van der Waals surface area contributed by atoms with E-state index in [-0.39, 0.29) is 17.9 Å². The van der Waals surface area contributed by atoms with Crippen LogP contribution < -0.4 is 11.1 Å². The van der Waals surface area contributed by atoms with Gasteiger partial charge in [0.1, 0.15) is 0 Å². The van der Waals surface area contributed by atoms with Gasteiger partial charge in [-0.15, -0.1) is 12.4 Å². The lowest BCUT2D eigenvalue weighted by Gasteiger charge is -2.24. The Hall–Kier alpha value is 0.210. The zero-order valence-electron chi connectivity index (χ0n) is 6.31. The molecule has 3 heteroatoms. The fourth-order valence-corrected chi connectivity index (χ4v) is 1.85. The molecule has 2 nitrogen and oxygen atoms in total. The van der Waals surface area contributed by atoms with Crippen LogP contribution in [0.25, 0.3) is 0 Å². The summed E-state index contributed by atoms with van der Waals surface area (Å²) in [6.45, 7) is 4.33. The van der Waals surface area contributed by atoms with Gasteiger partial charge in [-0.2, -0.15) is 0 Å². The van der Waals surface area contributed by atoms with E-state index in [2.05, 4.69) is 12.2 Å². The van der Waals surface area contributed by atoms with Crippen LogP contribution in [0.4, 0.5) is 0 Å². The molecule has 1 unspecified atom stereocenters. The predicted octanol–water partition coefficient (Wildman–Crippen LogP) is 0.509. The van der Waals surface area contributed by atoms with Crippen LogP contribution in [0.1, 0.15) is 19.8 Å². The monoisotopic (exact) mass is 162 g/mol. The fourth-order valence-electron chi connectivity index (χ4n) is 1.85. The van der Waals surface area contributed by atoms with E-state index < -0.39 is 0 Å². The van der Waals surface area contributed by atoms with E-state index in [4.69, 9.17) is 5.73 Å². The van der Waals surface area contributed by atoms with E-state index in [1.807, 2.05) is 0 Å². The third-order valence-corrected chi connectivity index (χ3v) is 3.02. The predicted molar refractivity (Wildman–Crippen MR) is 44.4 cm³/mol. The molecule has 0 amide bonds. The molecular weight excluding hydrogens is 148 g/mol. The van der Waals surface area contributed by atoms with Crippen molar-refractivity contribution in [3.63, 3.8) is 0 Å². The minimum Gasteiger partial charge on any atom is -0.324 e. The third-order valence-electron chi connectivity index (χ3n) is 3.02. The van der Waals surface area contributed by atoms with Gasteiger partial charge in [0.2, 0.25) is 0 Å². The molecule has 1 aliphatic carbocycles. The van der Waals surface area contributed by atoms with Gasteiger partial charge < -0.3 is 11.1 Å². The summed E-state index contributed by atoms with van der Waals surface area (Å²) >= 11 is 0. The molecule has 60 valence electrons. The molecule has 1 saturated carbocycles. The maximum Gasteiger partial charge on any atom is 0.0321 e. The molecule has 0 aromatic heterocycles. The van der Waals surface area contributed by atoms with Crippen LogP contribution >= 0.6 is 12.4 Å². The highest BCUT2D eigenvalue weighted by atomic mass is 35.5. The van der Waals surface area contributed by atoms with Crippen LogP contribution in [-0.2, 0) is 0 Å². The first-order chi connectivity index (χ1) is 4.16. The van der Waals surface area contributed by atoms with Gasteiger partial charge in [-0.05, 0) is 19.8 Å². The number of rotatable bonds is 0. The Bertz CT molecular complexity index is 137. The largest absolute Gasteiger partial charge is 0.324 e. The number of nitrogens with two attached hydrogens (primary N) is 1. The van der Waals surface area contributed by atoms with E-state index in [1.54, 1.807) is 0 Å². The van der Waals surface area contributed by atoms with E-state index in [0.717, 1.165) is 13.1 Å². The smallest absolute Gasteiger partial charge is 0.0321 e. The third kappa shape index (κ3) is 0.865. The molecule has 1 saturated heterocycles. The lowest BCUT2D eigenvalue weighted by atomic mass is 9.87. The second-order valence-corrected chi connectivity index (χ2v) is 3.80. The van der Waals surface area contributed by atoms with Gasteiger partial charge in [0.15, 0.2) is 0 Å². The summed E-state index contributed by atoms with van der Waals surface area (Å²) in [5, 5.41) is 3.34. The van der Waals surface area contributed by atoms with Crippen molar-refractivity contribution in [1.29, 1.82) is 0 Å². The first-order valence-electron chi connectivity index (χ1n) is 3.66. The Kier molecular flexibility index (Phi) is 1.74. The van der Waals surface area contributed by atoms with Crippen molar-refractivity contribution < 1.29 is 0 Å². The lowest BCUT2D eigenvalue weighted by molar-refractivity contribution is 0.354. The molecule has 0 aromatic rings. The molecule has 2 fully saturated rings. The highest BCUT2D eigenvalue weighted by Crippen LogP contribution is 2.54. The summed E-state index contributed by atoms with van der Waals surface area (Å²) in [5.41, 5.74) is 6.65. The summed E-state index contributed by atoms with van der Waals surface area (Å²) in [7, 11) is 0. The molecule has 0 aromatic carbocycles. The Morgan fingerprint density at radius 1 is 1.30 bits per heavy atom. The average Bonchev–Trinajstić information content (AvgIpc) is 2.41. The van der Waals surface area contributed by atoms with Crippen molar-refractivity contribution in [1.82, 2.24) is 5.32 Å². The van der Waals surface area contributed by atoms with Gasteiger partial charge in [0.25, 0.3) is 0 Å². The Morgan fingerprint density at radius 2 is 1.90 bits per heavy atom. The minimum atomic E-state index is 0. The molecule has 1 heterocycles.